The van der Waals surface area contributed by atoms with E-state index in [0.717, 1.165) is 11.1 Å². The second-order valence-corrected chi connectivity index (χ2v) is 5.79. The van der Waals surface area contributed by atoms with Gasteiger partial charge < -0.3 is 10.6 Å². The minimum Gasteiger partial charge on any atom is -0.325 e. The number of anilines is 2. The standard InChI is InChI=1S/C19H18N6O2/c1-3-17(26)20-14-10-8-13(9-11-14)12-18(27)21-16-7-5-4-6-15(16)19-22-23-24-25(19)2/h3-11H,1,12H2,2H3,(H,20,26)(H,21,27). The highest BCUT2D eigenvalue weighted by molar-refractivity contribution is 5.99. The minimum absolute atomic E-state index is 0.166. The van der Waals surface area contributed by atoms with E-state index in [1.807, 2.05) is 18.2 Å². The smallest absolute Gasteiger partial charge is 0.247 e. The Labute approximate surface area is 155 Å². The van der Waals surface area contributed by atoms with Crippen LogP contribution in [0.4, 0.5) is 11.4 Å². The summed E-state index contributed by atoms with van der Waals surface area (Å²) in [6.45, 7) is 3.41. The van der Waals surface area contributed by atoms with Crippen molar-refractivity contribution in [3.63, 3.8) is 0 Å². The predicted molar refractivity (Wildman–Crippen MR) is 102 cm³/mol. The Morgan fingerprint density at radius 1 is 1.11 bits per heavy atom. The number of hydrogen-bond donors (Lipinski definition) is 2. The first-order chi connectivity index (χ1) is 13.1. The lowest BCUT2D eigenvalue weighted by molar-refractivity contribution is -0.115. The molecule has 0 aliphatic carbocycles. The first-order valence-electron chi connectivity index (χ1n) is 8.21. The molecule has 0 atom stereocenters. The van der Waals surface area contributed by atoms with Gasteiger partial charge in [-0.3, -0.25) is 9.59 Å². The number of para-hydroxylation sites is 1. The molecule has 8 heteroatoms. The third kappa shape index (κ3) is 4.43. The molecule has 0 aliphatic rings. The van der Waals surface area contributed by atoms with Crippen LogP contribution in [0, 0.1) is 0 Å². The first kappa shape index (κ1) is 18.0. The summed E-state index contributed by atoms with van der Waals surface area (Å²) in [6, 6.07) is 14.4. The van der Waals surface area contributed by atoms with Crippen molar-refractivity contribution in [2.24, 2.45) is 7.05 Å². The third-order valence-electron chi connectivity index (χ3n) is 3.83. The molecule has 3 rings (SSSR count). The molecule has 8 nitrogen and oxygen atoms in total. The zero-order valence-corrected chi connectivity index (χ0v) is 14.7. The van der Waals surface area contributed by atoms with Gasteiger partial charge in [0.15, 0.2) is 5.82 Å². The maximum Gasteiger partial charge on any atom is 0.247 e. The van der Waals surface area contributed by atoms with Crippen LogP contribution in [0.1, 0.15) is 5.56 Å². The van der Waals surface area contributed by atoms with Crippen LogP contribution in [-0.4, -0.2) is 32.0 Å². The minimum atomic E-state index is -0.282. The fourth-order valence-electron chi connectivity index (χ4n) is 2.52. The largest absolute Gasteiger partial charge is 0.325 e. The van der Waals surface area contributed by atoms with Crippen LogP contribution < -0.4 is 10.6 Å². The number of carbonyl (C=O) groups is 2. The number of nitrogens with one attached hydrogen (secondary N) is 2. The Morgan fingerprint density at radius 2 is 1.85 bits per heavy atom. The number of hydrogen-bond acceptors (Lipinski definition) is 5. The average Bonchev–Trinajstić information content (AvgIpc) is 3.09. The van der Waals surface area contributed by atoms with E-state index in [4.69, 9.17) is 0 Å². The molecule has 0 spiro atoms. The highest BCUT2D eigenvalue weighted by Crippen LogP contribution is 2.25. The number of carbonyl (C=O) groups excluding carboxylic acids is 2. The molecule has 1 aromatic heterocycles. The van der Waals surface area contributed by atoms with Crippen molar-refractivity contribution in [1.82, 2.24) is 20.2 Å². The molecule has 3 aromatic rings. The number of benzene rings is 2. The van der Waals surface area contributed by atoms with Crippen molar-refractivity contribution < 1.29 is 9.59 Å². The molecular weight excluding hydrogens is 344 g/mol. The summed E-state index contributed by atoms with van der Waals surface area (Å²) in [7, 11) is 1.74. The molecule has 0 fully saturated rings. The lowest BCUT2D eigenvalue weighted by Gasteiger charge is -2.10. The second kappa shape index (κ2) is 8.05. The van der Waals surface area contributed by atoms with Crippen LogP contribution in [0.15, 0.2) is 61.2 Å². The maximum absolute atomic E-state index is 12.4. The van der Waals surface area contributed by atoms with Gasteiger partial charge in [0, 0.05) is 18.3 Å². The number of aromatic nitrogens is 4. The van der Waals surface area contributed by atoms with E-state index < -0.39 is 0 Å². The fourth-order valence-corrected chi connectivity index (χ4v) is 2.52. The van der Waals surface area contributed by atoms with Gasteiger partial charge in [-0.2, -0.15) is 0 Å². The van der Waals surface area contributed by atoms with Gasteiger partial charge in [-0.1, -0.05) is 30.8 Å². The molecule has 136 valence electrons. The van der Waals surface area contributed by atoms with E-state index in [9.17, 15) is 9.59 Å². The predicted octanol–water partition coefficient (Wildman–Crippen LogP) is 2.18. The zero-order valence-electron chi connectivity index (χ0n) is 14.7. The molecule has 2 aromatic carbocycles. The summed E-state index contributed by atoms with van der Waals surface area (Å²) in [5, 5.41) is 17.0. The van der Waals surface area contributed by atoms with Crippen molar-refractivity contribution in [1.29, 1.82) is 0 Å². The molecule has 0 radical (unpaired) electrons. The summed E-state index contributed by atoms with van der Waals surface area (Å²) in [4.78, 5) is 23.7. The number of nitrogens with zero attached hydrogens (tertiary/aromatic N) is 4. The van der Waals surface area contributed by atoms with Crippen LogP contribution in [0.5, 0.6) is 0 Å². The van der Waals surface area contributed by atoms with Crippen molar-refractivity contribution in [2.75, 3.05) is 10.6 Å². The van der Waals surface area contributed by atoms with Crippen LogP contribution in [-0.2, 0) is 23.1 Å². The topological polar surface area (TPSA) is 102 Å². The van der Waals surface area contributed by atoms with Crippen LogP contribution in [0.3, 0.4) is 0 Å². The lowest BCUT2D eigenvalue weighted by Crippen LogP contribution is -2.15. The van der Waals surface area contributed by atoms with Crippen LogP contribution in [0.25, 0.3) is 11.4 Å². The van der Waals surface area contributed by atoms with E-state index >= 15 is 0 Å². The average molecular weight is 362 g/mol. The van der Waals surface area contributed by atoms with E-state index in [2.05, 4.69) is 32.7 Å². The molecule has 2 N–H and O–H groups in total. The van der Waals surface area contributed by atoms with Crippen molar-refractivity contribution in [2.45, 2.75) is 6.42 Å². The molecule has 2 amide bonds. The first-order valence-corrected chi connectivity index (χ1v) is 8.21. The molecule has 1 heterocycles. The molecule has 27 heavy (non-hydrogen) atoms. The Hall–Kier alpha value is -3.81. The Kier molecular flexibility index (Phi) is 5.36. The van der Waals surface area contributed by atoms with E-state index in [1.54, 1.807) is 42.1 Å². The van der Waals surface area contributed by atoms with Gasteiger partial charge in [-0.25, -0.2) is 4.68 Å². The summed E-state index contributed by atoms with van der Waals surface area (Å²) in [5.41, 5.74) is 2.84. The second-order valence-electron chi connectivity index (χ2n) is 5.79. The SMILES string of the molecule is C=CC(=O)Nc1ccc(CC(=O)Nc2ccccc2-c2nnnn2C)cc1. The summed E-state index contributed by atoms with van der Waals surface area (Å²) < 4.78 is 1.54. The summed E-state index contributed by atoms with van der Waals surface area (Å²) in [5.74, 6) is 0.115. The molecule has 0 saturated heterocycles. The third-order valence-corrected chi connectivity index (χ3v) is 3.83. The Balaban J connectivity index is 1.69. The highest BCUT2D eigenvalue weighted by atomic mass is 16.2. The number of amides is 2. The fraction of sp³-hybridized carbons (Fsp3) is 0.105. The van der Waals surface area contributed by atoms with Crippen molar-refractivity contribution in [3.8, 4) is 11.4 Å². The van der Waals surface area contributed by atoms with E-state index in [0.29, 0.717) is 17.2 Å². The van der Waals surface area contributed by atoms with Crippen molar-refractivity contribution in [3.05, 3.63) is 66.7 Å². The maximum atomic E-state index is 12.4. The molecule has 0 bridgehead atoms. The van der Waals surface area contributed by atoms with Gasteiger partial charge in [0.05, 0.1) is 12.1 Å². The van der Waals surface area contributed by atoms with Gasteiger partial charge in [-0.15, -0.1) is 5.10 Å². The summed E-state index contributed by atoms with van der Waals surface area (Å²) in [6.07, 6.45) is 1.40. The van der Waals surface area contributed by atoms with Gasteiger partial charge in [0.1, 0.15) is 0 Å². The van der Waals surface area contributed by atoms with Gasteiger partial charge >= 0.3 is 0 Å². The van der Waals surface area contributed by atoms with Crippen molar-refractivity contribution >= 4 is 23.2 Å². The lowest BCUT2D eigenvalue weighted by atomic mass is 10.1. The van der Waals surface area contributed by atoms with Crippen LogP contribution in [0.2, 0.25) is 0 Å². The Bertz CT molecular complexity index is 978. The normalized spacial score (nSPS) is 10.3. The molecular formula is C19H18N6O2. The van der Waals surface area contributed by atoms with Gasteiger partial charge in [0.25, 0.3) is 0 Å². The van der Waals surface area contributed by atoms with Gasteiger partial charge in [-0.05, 0) is 46.3 Å². The van der Waals surface area contributed by atoms with E-state index in [-0.39, 0.29) is 18.2 Å². The van der Waals surface area contributed by atoms with Crippen LogP contribution >= 0.6 is 0 Å². The zero-order chi connectivity index (χ0) is 19.2. The monoisotopic (exact) mass is 362 g/mol. The highest BCUT2D eigenvalue weighted by Gasteiger charge is 2.13. The summed E-state index contributed by atoms with van der Waals surface area (Å²) >= 11 is 0. The number of tetrazole rings is 1. The number of aryl methyl sites for hydroxylation is 1. The van der Waals surface area contributed by atoms with Gasteiger partial charge in [0.2, 0.25) is 11.8 Å². The molecule has 0 saturated carbocycles. The molecule has 0 aliphatic heterocycles. The number of rotatable bonds is 6. The quantitative estimate of drug-likeness (QED) is 0.655. The molecule has 0 unspecified atom stereocenters. The van der Waals surface area contributed by atoms with E-state index in [1.165, 1.54) is 6.08 Å². The Morgan fingerprint density at radius 3 is 2.52 bits per heavy atom.